The monoisotopic (exact) mass is 482 g/mol. The van der Waals surface area contributed by atoms with Crippen molar-refractivity contribution in [3.63, 3.8) is 0 Å². The van der Waals surface area contributed by atoms with Gasteiger partial charge in [0.15, 0.2) is 5.84 Å². The fourth-order valence-electron chi connectivity index (χ4n) is 4.64. The number of hydrogen-bond donors (Lipinski definition) is 2. The SMILES string of the molecule is N/C(=N\O)c1ccc(N2CCCC(OCc3c(-c4c(F)cccc4F)noc3C3CC3)CC2)cc1. The smallest absolute Gasteiger partial charge is 0.170 e. The zero-order valence-electron chi connectivity index (χ0n) is 19.3. The van der Waals surface area contributed by atoms with Gasteiger partial charge in [0.25, 0.3) is 0 Å². The third-order valence-corrected chi connectivity index (χ3v) is 6.74. The first kappa shape index (κ1) is 23.3. The Balaban J connectivity index is 1.27. The van der Waals surface area contributed by atoms with Gasteiger partial charge in [0.1, 0.15) is 23.1 Å². The van der Waals surface area contributed by atoms with Crippen LogP contribution in [0.2, 0.25) is 0 Å². The van der Waals surface area contributed by atoms with Crippen LogP contribution in [-0.4, -0.2) is 35.4 Å². The summed E-state index contributed by atoms with van der Waals surface area (Å²) in [6.07, 6.45) is 4.61. The summed E-state index contributed by atoms with van der Waals surface area (Å²) in [5.74, 6) is -0.323. The van der Waals surface area contributed by atoms with Crippen molar-refractivity contribution < 1.29 is 23.2 Å². The van der Waals surface area contributed by atoms with Crippen LogP contribution in [0, 0.1) is 11.6 Å². The second kappa shape index (κ2) is 10.0. The Morgan fingerprint density at radius 1 is 1.09 bits per heavy atom. The van der Waals surface area contributed by atoms with E-state index in [9.17, 15) is 8.78 Å². The second-order valence-electron chi connectivity index (χ2n) is 9.13. The number of amidine groups is 1. The van der Waals surface area contributed by atoms with Gasteiger partial charge in [0.2, 0.25) is 0 Å². The average Bonchev–Trinajstić information content (AvgIpc) is 3.67. The molecule has 0 amide bonds. The minimum Gasteiger partial charge on any atom is -0.409 e. The highest BCUT2D eigenvalue weighted by Gasteiger charge is 2.34. The van der Waals surface area contributed by atoms with E-state index in [1.54, 1.807) is 0 Å². The van der Waals surface area contributed by atoms with Crippen LogP contribution in [0.15, 0.2) is 52.1 Å². The van der Waals surface area contributed by atoms with E-state index in [1.165, 1.54) is 18.2 Å². The number of nitrogens with two attached hydrogens (primary N) is 1. The third kappa shape index (κ3) is 5.00. The first-order valence-electron chi connectivity index (χ1n) is 11.9. The fourth-order valence-corrected chi connectivity index (χ4v) is 4.64. The van der Waals surface area contributed by atoms with E-state index in [0.29, 0.717) is 16.9 Å². The van der Waals surface area contributed by atoms with E-state index in [1.807, 2.05) is 24.3 Å². The quantitative estimate of drug-likeness (QED) is 0.209. The summed E-state index contributed by atoms with van der Waals surface area (Å²) in [4.78, 5) is 2.29. The van der Waals surface area contributed by atoms with Gasteiger partial charge in [-0.25, -0.2) is 8.78 Å². The van der Waals surface area contributed by atoms with Gasteiger partial charge in [-0.15, -0.1) is 0 Å². The number of ether oxygens (including phenoxy) is 1. The van der Waals surface area contributed by atoms with Crippen molar-refractivity contribution in [3.8, 4) is 11.3 Å². The highest BCUT2D eigenvalue weighted by atomic mass is 19.1. The van der Waals surface area contributed by atoms with Crippen LogP contribution in [-0.2, 0) is 11.3 Å². The molecular weight excluding hydrogens is 454 g/mol. The highest BCUT2D eigenvalue weighted by molar-refractivity contribution is 5.97. The van der Waals surface area contributed by atoms with E-state index in [4.69, 9.17) is 20.2 Å². The molecule has 3 N–H and O–H groups in total. The number of oxime groups is 1. The largest absolute Gasteiger partial charge is 0.409 e. The van der Waals surface area contributed by atoms with Gasteiger partial charge in [0, 0.05) is 35.8 Å². The summed E-state index contributed by atoms with van der Waals surface area (Å²) in [5, 5.41) is 15.9. The molecule has 184 valence electrons. The van der Waals surface area contributed by atoms with Gasteiger partial charge >= 0.3 is 0 Å². The molecule has 0 bridgehead atoms. The molecule has 1 saturated carbocycles. The molecule has 2 heterocycles. The molecule has 5 rings (SSSR count). The van der Waals surface area contributed by atoms with Crippen molar-refractivity contribution in [3.05, 3.63) is 71.0 Å². The van der Waals surface area contributed by atoms with Gasteiger partial charge in [-0.2, -0.15) is 0 Å². The number of halogens is 2. The van der Waals surface area contributed by atoms with Crippen molar-refractivity contribution in [1.82, 2.24) is 5.16 Å². The molecule has 1 atom stereocenters. The zero-order valence-corrected chi connectivity index (χ0v) is 19.3. The van der Waals surface area contributed by atoms with Crippen LogP contribution in [0.25, 0.3) is 11.3 Å². The predicted octanol–water partition coefficient (Wildman–Crippen LogP) is 5.17. The van der Waals surface area contributed by atoms with Gasteiger partial charge in [0.05, 0.1) is 18.3 Å². The Morgan fingerprint density at radius 3 is 2.51 bits per heavy atom. The summed E-state index contributed by atoms with van der Waals surface area (Å²) < 4.78 is 40.8. The number of nitrogens with zero attached hydrogens (tertiary/aromatic N) is 3. The Labute approximate surface area is 202 Å². The van der Waals surface area contributed by atoms with Gasteiger partial charge in [-0.3, -0.25) is 0 Å². The number of aromatic nitrogens is 1. The summed E-state index contributed by atoms with van der Waals surface area (Å²) in [6.45, 7) is 1.90. The lowest BCUT2D eigenvalue weighted by molar-refractivity contribution is 0.0328. The molecule has 0 radical (unpaired) electrons. The topological polar surface area (TPSA) is 97.1 Å². The van der Waals surface area contributed by atoms with Crippen LogP contribution in [0.3, 0.4) is 0 Å². The fraction of sp³-hybridized carbons (Fsp3) is 0.385. The first-order valence-corrected chi connectivity index (χ1v) is 11.9. The normalized spacial score (nSPS) is 19.1. The summed E-state index contributed by atoms with van der Waals surface area (Å²) in [5.41, 5.74) is 8.06. The van der Waals surface area contributed by atoms with Gasteiger partial charge in [-0.1, -0.05) is 16.4 Å². The van der Waals surface area contributed by atoms with Crippen molar-refractivity contribution >= 4 is 11.5 Å². The van der Waals surface area contributed by atoms with Crippen molar-refractivity contribution in [2.24, 2.45) is 10.9 Å². The van der Waals surface area contributed by atoms with E-state index >= 15 is 0 Å². The first-order chi connectivity index (χ1) is 17.0. The molecule has 1 unspecified atom stereocenters. The molecule has 1 aliphatic carbocycles. The lowest BCUT2D eigenvalue weighted by atomic mass is 10.0. The van der Waals surface area contributed by atoms with Crippen LogP contribution in [0.5, 0.6) is 0 Å². The van der Waals surface area contributed by atoms with E-state index < -0.39 is 11.6 Å². The Hall–Kier alpha value is -3.46. The minimum absolute atomic E-state index is 0.0108. The Kier molecular flexibility index (Phi) is 6.68. The Bertz CT molecular complexity index is 1190. The summed E-state index contributed by atoms with van der Waals surface area (Å²) in [6, 6.07) is 11.4. The molecule has 2 aromatic carbocycles. The zero-order chi connectivity index (χ0) is 24.4. The molecule has 35 heavy (non-hydrogen) atoms. The van der Waals surface area contributed by atoms with Crippen LogP contribution >= 0.6 is 0 Å². The predicted molar refractivity (Wildman–Crippen MR) is 127 cm³/mol. The molecule has 1 aromatic heterocycles. The number of benzene rings is 2. The molecule has 7 nitrogen and oxygen atoms in total. The number of rotatable bonds is 7. The van der Waals surface area contributed by atoms with Crippen molar-refractivity contribution in [2.75, 3.05) is 18.0 Å². The molecule has 9 heteroatoms. The maximum absolute atomic E-state index is 14.5. The highest BCUT2D eigenvalue weighted by Crippen LogP contribution is 2.45. The molecule has 3 aromatic rings. The maximum Gasteiger partial charge on any atom is 0.170 e. The average molecular weight is 483 g/mol. The molecule has 2 aliphatic rings. The summed E-state index contributed by atoms with van der Waals surface area (Å²) >= 11 is 0. The standard InChI is InChI=1S/C26H28F2N4O3/c27-21-4-1-5-22(28)23(21)24-20(25(35-31-24)16-6-7-16)15-34-19-3-2-13-32(14-12-19)18-10-8-17(9-11-18)26(29)30-33/h1,4-5,8-11,16,19,33H,2-3,6-7,12-15H2,(H2,29,30). The van der Waals surface area contributed by atoms with Crippen LogP contribution < -0.4 is 10.6 Å². The molecule has 1 saturated heterocycles. The van der Waals surface area contributed by atoms with Crippen molar-refractivity contribution in [2.45, 2.75) is 50.7 Å². The molecule has 0 spiro atoms. The molecular formula is C26H28F2N4O3. The van der Waals surface area contributed by atoms with Gasteiger partial charge in [-0.05, 0) is 68.5 Å². The van der Waals surface area contributed by atoms with E-state index in [-0.39, 0.29) is 35.7 Å². The molecule has 2 fully saturated rings. The van der Waals surface area contributed by atoms with Crippen molar-refractivity contribution in [1.29, 1.82) is 0 Å². The lowest BCUT2D eigenvalue weighted by Crippen LogP contribution is -2.25. The molecule has 1 aliphatic heterocycles. The lowest BCUT2D eigenvalue weighted by Gasteiger charge is -2.23. The number of hydrogen-bond acceptors (Lipinski definition) is 6. The number of anilines is 1. The summed E-state index contributed by atoms with van der Waals surface area (Å²) in [7, 11) is 0. The maximum atomic E-state index is 14.5. The van der Waals surface area contributed by atoms with E-state index in [0.717, 1.165) is 50.9 Å². The Morgan fingerprint density at radius 2 is 1.83 bits per heavy atom. The van der Waals surface area contributed by atoms with Gasteiger partial charge < -0.3 is 25.1 Å². The van der Waals surface area contributed by atoms with Crippen LogP contribution in [0.4, 0.5) is 14.5 Å². The third-order valence-electron chi connectivity index (χ3n) is 6.74. The minimum atomic E-state index is -0.662. The van der Waals surface area contributed by atoms with Crippen LogP contribution in [0.1, 0.15) is 54.9 Å². The second-order valence-corrected chi connectivity index (χ2v) is 9.13. The van der Waals surface area contributed by atoms with E-state index in [2.05, 4.69) is 15.2 Å².